The average molecular weight is 365 g/mol. The van der Waals surface area contributed by atoms with Crippen LogP contribution in [0.25, 0.3) is 5.69 Å². The number of benzene rings is 1. The lowest BCUT2D eigenvalue weighted by Crippen LogP contribution is -2.49. The molecule has 1 aliphatic heterocycles. The van der Waals surface area contributed by atoms with Gasteiger partial charge in [-0.3, -0.25) is 4.79 Å². The van der Waals surface area contributed by atoms with E-state index in [4.69, 9.17) is 10.5 Å². The Labute approximate surface area is 154 Å². The molecule has 2 aromatic rings. The highest BCUT2D eigenvalue weighted by atomic mass is 35.5. The van der Waals surface area contributed by atoms with Gasteiger partial charge in [0, 0.05) is 32.2 Å². The topological polar surface area (TPSA) is 82.2 Å². The van der Waals surface area contributed by atoms with Crippen molar-refractivity contribution in [1.82, 2.24) is 15.1 Å². The number of nitrogens with zero attached hydrogens (tertiary/aromatic N) is 2. The van der Waals surface area contributed by atoms with Crippen LogP contribution in [0.4, 0.5) is 0 Å². The number of halogens is 1. The molecule has 1 unspecified atom stereocenters. The molecular weight excluding hydrogens is 340 g/mol. The minimum absolute atomic E-state index is 0. The van der Waals surface area contributed by atoms with Gasteiger partial charge in [-0.05, 0) is 37.5 Å². The van der Waals surface area contributed by atoms with Crippen molar-refractivity contribution >= 4 is 18.3 Å². The monoisotopic (exact) mass is 364 g/mol. The molecule has 136 valence electrons. The van der Waals surface area contributed by atoms with Gasteiger partial charge in [0.1, 0.15) is 0 Å². The van der Waals surface area contributed by atoms with Crippen LogP contribution in [0.2, 0.25) is 0 Å². The minimum atomic E-state index is -0.521. The zero-order valence-electron chi connectivity index (χ0n) is 14.4. The second kappa shape index (κ2) is 8.47. The van der Waals surface area contributed by atoms with Crippen LogP contribution in [0.5, 0.6) is 0 Å². The fourth-order valence-electron chi connectivity index (χ4n) is 3.19. The maximum atomic E-state index is 12.9. The van der Waals surface area contributed by atoms with Crippen molar-refractivity contribution in [1.29, 1.82) is 0 Å². The Hall–Kier alpha value is -1.89. The number of para-hydroxylation sites is 1. The van der Waals surface area contributed by atoms with Gasteiger partial charge in [0.05, 0.1) is 17.1 Å². The standard InChI is InChI=1S/C18H24N4O2.ClH/c1-14(21-17(23)18(13-19)7-11-24-12-8-18)15-5-2-3-6-16(15)22-10-4-9-20-22;/h2-6,9-10,14H,7-8,11-13,19H2,1H3,(H,21,23);1H. The molecule has 1 saturated heterocycles. The van der Waals surface area contributed by atoms with E-state index in [-0.39, 0.29) is 24.4 Å². The number of carbonyl (C=O) groups is 1. The van der Waals surface area contributed by atoms with Gasteiger partial charge in [0.15, 0.2) is 0 Å². The number of carbonyl (C=O) groups excluding carboxylic acids is 1. The van der Waals surface area contributed by atoms with Crippen molar-refractivity contribution in [2.45, 2.75) is 25.8 Å². The van der Waals surface area contributed by atoms with Gasteiger partial charge in [-0.1, -0.05) is 18.2 Å². The van der Waals surface area contributed by atoms with Crippen molar-refractivity contribution < 1.29 is 9.53 Å². The van der Waals surface area contributed by atoms with Crippen LogP contribution in [0.15, 0.2) is 42.7 Å². The summed E-state index contributed by atoms with van der Waals surface area (Å²) in [4.78, 5) is 12.9. The van der Waals surface area contributed by atoms with Crippen LogP contribution in [0, 0.1) is 5.41 Å². The molecule has 7 heteroatoms. The first kappa shape index (κ1) is 19.4. The van der Waals surface area contributed by atoms with Crippen molar-refractivity contribution in [3.63, 3.8) is 0 Å². The van der Waals surface area contributed by atoms with Gasteiger partial charge < -0.3 is 15.8 Å². The van der Waals surface area contributed by atoms with Gasteiger partial charge in [-0.25, -0.2) is 4.68 Å². The lowest BCUT2D eigenvalue weighted by atomic mass is 9.79. The molecule has 1 atom stereocenters. The third-order valence-electron chi connectivity index (χ3n) is 4.82. The largest absolute Gasteiger partial charge is 0.381 e. The maximum Gasteiger partial charge on any atom is 0.228 e. The summed E-state index contributed by atoms with van der Waals surface area (Å²) in [5, 5.41) is 7.44. The first-order chi connectivity index (χ1) is 11.7. The van der Waals surface area contributed by atoms with E-state index in [1.165, 1.54) is 0 Å². The van der Waals surface area contributed by atoms with E-state index in [9.17, 15) is 4.79 Å². The highest BCUT2D eigenvalue weighted by molar-refractivity contribution is 5.85. The Kier molecular flexibility index (Phi) is 6.58. The van der Waals surface area contributed by atoms with Gasteiger partial charge in [0.25, 0.3) is 0 Å². The summed E-state index contributed by atoms with van der Waals surface area (Å²) in [6.45, 7) is 3.51. The first-order valence-electron chi connectivity index (χ1n) is 8.34. The summed E-state index contributed by atoms with van der Waals surface area (Å²) in [6.07, 6.45) is 4.98. The summed E-state index contributed by atoms with van der Waals surface area (Å²) >= 11 is 0. The Balaban J connectivity index is 0.00000225. The molecule has 3 rings (SSSR count). The summed E-state index contributed by atoms with van der Waals surface area (Å²) in [5.41, 5.74) is 7.39. The Morgan fingerprint density at radius 1 is 1.36 bits per heavy atom. The van der Waals surface area contributed by atoms with Crippen molar-refractivity contribution in [2.24, 2.45) is 11.1 Å². The normalized spacial score (nSPS) is 17.4. The second-order valence-corrected chi connectivity index (χ2v) is 6.30. The molecule has 1 aliphatic rings. The van der Waals surface area contributed by atoms with E-state index in [1.54, 1.807) is 6.20 Å². The summed E-state index contributed by atoms with van der Waals surface area (Å²) in [6, 6.07) is 9.70. The van der Waals surface area contributed by atoms with E-state index in [2.05, 4.69) is 10.4 Å². The van der Waals surface area contributed by atoms with Gasteiger partial charge >= 0.3 is 0 Å². The Bertz CT molecular complexity index is 684. The molecule has 6 nitrogen and oxygen atoms in total. The third kappa shape index (κ3) is 4.03. The summed E-state index contributed by atoms with van der Waals surface area (Å²) in [7, 11) is 0. The number of hydrogen-bond acceptors (Lipinski definition) is 4. The molecule has 1 aromatic carbocycles. The highest BCUT2D eigenvalue weighted by Crippen LogP contribution is 2.31. The summed E-state index contributed by atoms with van der Waals surface area (Å²) < 4.78 is 7.20. The molecule has 2 heterocycles. The van der Waals surface area contributed by atoms with Crippen molar-refractivity contribution in [3.8, 4) is 5.69 Å². The molecule has 3 N–H and O–H groups in total. The number of nitrogens with one attached hydrogen (secondary N) is 1. The van der Waals surface area contributed by atoms with Crippen LogP contribution in [-0.2, 0) is 9.53 Å². The predicted octanol–water partition coefficient (Wildman–Crippen LogP) is 2.23. The van der Waals surface area contributed by atoms with E-state index in [1.807, 2.05) is 48.1 Å². The predicted molar refractivity (Wildman–Crippen MR) is 98.9 cm³/mol. The van der Waals surface area contributed by atoms with Crippen LogP contribution in [-0.4, -0.2) is 35.4 Å². The van der Waals surface area contributed by atoms with E-state index < -0.39 is 5.41 Å². The smallest absolute Gasteiger partial charge is 0.228 e. The fraction of sp³-hybridized carbons (Fsp3) is 0.444. The number of ether oxygens (including phenoxy) is 1. The Morgan fingerprint density at radius 2 is 2.08 bits per heavy atom. The average Bonchev–Trinajstić information content (AvgIpc) is 3.16. The van der Waals surface area contributed by atoms with E-state index >= 15 is 0 Å². The lowest BCUT2D eigenvalue weighted by molar-refractivity contribution is -0.136. The molecule has 0 spiro atoms. The highest BCUT2D eigenvalue weighted by Gasteiger charge is 2.39. The molecule has 1 fully saturated rings. The van der Waals surface area contributed by atoms with Crippen LogP contribution < -0.4 is 11.1 Å². The number of hydrogen-bond donors (Lipinski definition) is 2. The second-order valence-electron chi connectivity index (χ2n) is 6.30. The maximum absolute atomic E-state index is 12.9. The lowest BCUT2D eigenvalue weighted by Gasteiger charge is -2.35. The molecule has 1 aromatic heterocycles. The van der Waals surface area contributed by atoms with E-state index in [0.717, 1.165) is 11.3 Å². The van der Waals surface area contributed by atoms with Gasteiger partial charge in [-0.15, -0.1) is 12.4 Å². The quantitative estimate of drug-likeness (QED) is 0.852. The minimum Gasteiger partial charge on any atom is -0.381 e. The molecule has 1 amide bonds. The number of nitrogens with two attached hydrogens (primary N) is 1. The van der Waals surface area contributed by atoms with Crippen molar-refractivity contribution in [2.75, 3.05) is 19.8 Å². The van der Waals surface area contributed by atoms with Crippen LogP contribution in [0.3, 0.4) is 0 Å². The molecular formula is C18H25ClN4O2. The van der Waals surface area contributed by atoms with Gasteiger partial charge in [-0.2, -0.15) is 5.10 Å². The molecule has 0 saturated carbocycles. The summed E-state index contributed by atoms with van der Waals surface area (Å²) in [5.74, 6) is 0.0102. The first-order valence-corrected chi connectivity index (χ1v) is 8.34. The molecule has 0 aliphatic carbocycles. The molecule has 0 bridgehead atoms. The van der Waals surface area contributed by atoms with Gasteiger partial charge in [0.2, 0.25) is 5.91 Å². The zero-order valence-corrected chi connectivity index (χ0v) is 15.2. The molecule has 0 radical (unpaired) electrons. The van der Waals surface area contributed by atoms with Crippen LogP contribution >= 0.6 is 12.4 Å². The van der Waals surface area contributed by atoms with Crippen molar-refractivity contribution in [3.05, 3.63) is 48.3 Å². The van der Waals surface area contributed by atoms with Crippen LogP contribution in [0.1, 0.15) is 31.4 Å². The third-order valence-corrected chi connectivity index (χ3v) is 4.82. The number of rotatable bonds is 5. The SMILES string of the molecule is CC(NC(=O)C1(CN)CCOCC1)c1ccccc1-n1cccn1.Cl. The molecule has 25 heavy (non-hydrogen) atoms. The zero-order chi connectivity index (χ0) is 17.0. The number of aromatic nitrogens is 2. The van der Waals surface area contributed by atoms with E-state index in [0.29, 0.717) is 32.6 Å². The fourth-order valence-corrected chi connectivity index (χ4v) is 3.19. The Morgan fingerprint density at radius 3 is 2.72 bits per heavy atom. The number of amides is 1.